The fraction of sp³-hybridized carbons (Fsp3) is 0.133. The van der Waals surface area contributed by atoms with E-state index in [1.54, 1.807) is 0 Å². The highest BCUT2D eigenvalue weighted by Crippen LogP contribution is 2.17. The van der Waals surface area contributed by atoms with E-state index in [0.29, 0.717) is 11.3 Å². The van der Waals surface area contributed by atoms with Crippen molar-refractivity contribution in [1.82, 2.24) is 19.7 Å². The van der Waals surface area contributed by atoms with Crippen molar-refractivity contribution in [3.63, 3.8) is 0 Å². The van der Waals surface area contributed by atoms with Crippen LogP contribution in [0.1, 0.15) is 11.4 Å². The quantitative estimate of drug-likeness (QED) is 0.749. The molecule has 0 bridgehead atoms. The van der Waals surface area contributed by atoms with E-state index in [2.05, 4.69) is 15.2 Å². The van der Waals surface area contributed by atoms with Gasteiger partial charge in [-0.05, 0) is 31.3 Å². The lowest BCUT2D eigenvalue weighted by molar-refractivity contribution is 0.764. The highest BCUT2D eigenvalue weighted by molar-refractivity contribution is 7.71. The van der Waals surface area contributed by atoms with Gasteiger partial charge in [0.2, 0.25) is 0 Å². The first-order valence-corrected chi connectivity index (χ1v) is 6.78. The van der Waals surface area contributed by atoms with Gasteiger partial charge in [0.1, 0.15) is 0 Å². The van der Waals surface area contributed by atoms with Crippen LogP contribution >= 0.6 is 12.2 Å². The smallest absolute Gasteiger partial charge is 0.195 e. The summed E-state index contributed by atoms with van der Waals surface area (Å²) in [5, 5.41) is 7.18. The fourth-order valence-corrected chi connectivity index (χ4v) is 2.32. The Morgan fingerprint density at radius 2 is 1.90 bits per heavy atom. The van der Waals surface area contributed by atoms with E-state index in [1.807, 2.05) is 60.0 Å². The molecule has 0 aliphatic carbocycles. The monoisotopic (exact) mass is 282 g/mol. The average Bonchev–Trinajstić information content (AvgIpc) is 2.81. The van der Waals surface area contributed by atoms with Crippen LogP contribution in [0.5, 0.6) is 0 Å². The second kappa shape index (κ2) is 5.38. The SMILES string of the molecule is Cc1cccc(Cn2c(-c3ccccc3)n[nH]c2=S)n1. The fourth-order valence-electron chi connectivity index (χ4n) is 2.12. The van der Waals surface area contributed by atoms with Crippen molar-refractivity contribution in [3.8, 4) is 11.4 Å². The van der Waals surface area contributed by atoms with Gasteiger partial charge in [-0.25, -0.2) is 0 Å². The van der Waals surface area contributed by atoms with Crippen LogP contribution in [0.3, 0.4) is 0 Å². The molecule has 0 amide bonds. The maximum absolute atomic E-state index is 5.32. The van der Waals surface area contributed by atoms with Gasteiger partial charge in [-0.15, -0.1) is 0 Å². The van der Waals surface area contributed by atoms with Crippen molar-refractivity contribution >= 4 is 12.2 Å². The summed E-state index contributed by atoms with van der Waals surface area (Å²) in [6.07, 6.45) is 0. The van der Waals surface area contributed by atoms with Gasteiger partial charge < -0.3 is 0 Å². The lowest BCUT2D eigenvalue weighted by Crippen LogP contribution is -2.04. The largest absolute Gasteiger partial charge is 0.294 e. The summed E-state index contributed by atoms with van der Waals surface area (Å²) in [7, 11) is 0. The Bertz CT molecular complexity index is 774. The Hall–Kier alpha value is -2.27. The number of hydrogen-bond donors (Lipinski definition) is 1. The van der Waals surface area contributed by atoms with Gasteiger partial charge in [-0.3, -0.25) is 14.6 Å². The van der Waals surface area contributed by atoms with E-state index in [1.165, 1.54) is 0 Å². The maximum atomic E-state index is 5.32. The summed E-state index contributed by atoms with van der Waals surface area (Å²) in [4.78, 5) is 4.52. The van der Waals surface area contributed by atoms with Crippen molar-refractivity contribution in [1.29, 1.82) is 0 Å². The van der Waals surface area contributed by atoms with Gasteiger partial charge in [-0.2, -0.15) is 5.10 Å². The molecule has 2 aromatic heterocycles. The molecule has 0 saturated heterocycles. The number of aromatic amines is 1. The van der Waals surface area contributed by atoms with Crippen LogP contribution in [-0.4, -0.2) is 19.7 Å². The molecule has 5 heteroatoms. The molecule has 0 saturated carbocycles. The topological polar surface area (TPSA) is 46.5 Å². The van der Waals surface area contributed by atoms with Crippen molar-refractivity contribution in [2.45, 2.75) is 13.5 Å². The summed E-state index contributed by atoms with van der Waals surface area (Å²) in [5.41, 5.74) is 3.01. The zero-order chi connectivity index (χ0) is 13.9. The number of nitrogens with zero attached hydrogens (tertiary/aromatic N) is 3. The third-order valence-corrected chi connectivity index (χ3v) is 3.37. The average molecular weight is 282 g/mol. The van der Waals surface area contributed by atoms with Crippen molar-refractivity contribution in [3.05, 3.63) is 64.7 Å². The van der Waals surface area contributed by atoms with Gasteiger partial charge in [0.25, 0.3) is 0 Å². The number of hydrogen-bond acceptors (Lipinski definition) is 3. The van der Waals surface area contributed by atoms with Crippen molar-refractivity contribution in [2.75, 3.05) is 0 Å². The highest BCUT2D eigenvalue weighted by Gasteiger charge is 2.09. The Morgan fingerprint density at radius 3 is 2.65 bits per heavy atom. The Balaban J connectivity index is 2.02. The molecule has 20 heavy (non-hydrogen) atoms. The number of benzene rings is 1. The normalized spacial score (nSPS) is 10.7. The Morgan fingerprint density at radius 1 is 1.10 bits per heavy atom. The van der Waals surface area contributed by atoms with Crippen LogP contribution < -0.4 is 0 Å². The van der Waals surface area contributed by atoms with Crippen LogP contribution in [0.15, 0.2) is 48.5 Å². The van der Waals surface area contributed by atoms with Crippen molar-refractivity contribution in [2.24, 2.45) is 0 Å². The van der Waals surface area contributed by atoms with E-state index < -0.39 is 0 Å². The van der Waals surface area contributed by atoms with Gasteiger partial charge in [-0.1, -0.05) is 36.4 Å². The number of nitrogens with one attached hydrogen (secondary N) is 1. The molecular weight excluding hydrogens is 268 g/mol. The lowest BCUT2D eigenvalue weighted by atomic mass is 10.2. The number of rotatable bonds is 3. The molecule has 3 rings (SSSR count). The molecule has 0 atom stereocenters. The molecule has 1 aromatic carbocycles. The molecule has 0 radical (unpaired) electrons. The van der Waals surface area contributed by atoms with Gasteiger partial charge in [0, 0.05) is 11.3 Å². The van der Waals surface area contributed by atoms with Gasteiger partial charge in [0.05, 0.1) is 12.2 Å². The summed E-state index contributed by atoms with van der Waals surface area (Å²) in [5.74, 6) is 0.832. The molecule has 0 fully saturated rings. The van der Waals surface area contributed by atoms with E-state index >= 15 is 0 Å². The first kappa shape index (κ1) is 12.7. The highest BCUT2D eigenvalue weighted by atomic mass is 32.1. The van der Waals surface area contributed by atoms with Crippen LogP contribution in [0.4, 0.5) is 0 Å². The second-order valence-electron chi connectivity index (χ2n) is 4.57. The predicted octanol–water partition coefficient (Wildman–Crippen LogP) is 3.36. The van der Waals surface area contributed by atoms with Crippen LogP contribution in [0, 0.1) is 11.7 Å². The summed E-state index contributed by atoms with van der Waals surface area (Å²) >= 11 is 5.32. The number of pyridine rings is 1. The molecule has 1 N–H and O–H groups in total. The zero-order valence-electron chi connectivity index (χ0n) is 11.1. The molecule has 0 aliphatic rings. The van der Waals surface area contributed by atoms with E-state index in [9.17, 15) is 0 Å². The van der Waals surface area contributed by atoms with Crippen LogP contribution in [-0.2, 0) is 6.54 Å². The molecule has 2 heterocycles. The first-order valence-electron chi connectivity index (χ1n) is 6.37. The molecule has 4 nitrogen and oxygen atoms in total. The minimum Gasteiger partial charge on any atom is -0.294 e. The molecule has 0 unspecified atom stereocenters. The third-order valence-electron chi connectivity index (χ3n) is 3.06. The van der Waals surface area contributed by atoms with E-state index in [0.717, 1.165) is 22.8 Å². The number of aryl methyl sites for hydroxylation is 1. The van der Waals surface area contributed by atoms with Gasteiger partial charge >= 0.3 is 0 Å². The second-order valence-corrected chi connectivity index (χ2v) is 4.96. The standard InChI is InChI=1S/C15H14N4S/c1-11-6-5-9-13(16-11)10-19-14(17-18-15(19)20)12-7-3-2-4-8-12/h2-9H,10H2,1H3,(H,18,20). The van der Waals surface area contributed by atoms with Crippen molar-refractivity contribution < 1.29 is 0 Å². The predicted molar refractivity (Wildman–Crippen MR) is 80.9 cm³/mol. The summed E-state index contributed by atoms with van der Waals surface area (Å²) in [6.45, 7) is 2.59. The summed E-state index contributed by atoms with van der Waals surface area (Å²) in [6, 6.07) is 16.0. The summed E-state index contributed by atoms with van der Waals surface area (Å²) < 4.78 is 2.57. The van der Waals surface area contributed by atoms with Crippen LogP contribution in [0.2, 0.25) is 0 Å². The van der Waals surface area contributed by atoms with Gasteiger partial charge in [0.15, 0.2) is 10.6 Å². The minimum atomic E-state index is 0.604. The molecular formula is C15H14N4S. The molecule has 3 aromatic rings. The minimum absolute atomic E-state index is 0.604. The molecule has 0 aliphatic heterocycles. The number of aromatic nitrogens is 4. The Labute approximate surface area is 122 Å². The maximum Gasteiger partial charge on any atom is 0.195 e. The number of H-pyrrole nitrogens is 1. The zero-order valence-corrected chi connectivity index (χ0v) is 11.9. The van der Waals surface area contributed by atoms with E-state index in [-0.39, 0.29) is 0 Å². The molecule has 100 valence electrons. The third kappa shape index (κ3) is 2.53. The first-order chi connectivity index (χ1) is 9.74. The Kier molecular flexibility index (Phi) is 3.43. The lowest BCUT2D eigenvalue weighted by Gasteiger charge is -2.07. The van der Waals surface area contributed by atoms with Crippen LogP contribution in [0.25, 0.3) is 11.4 Å². The molecule has 0 spiro atoms. The van der Waals surface area contributed by atoms with E-state index in [4.69, 9.17) is 12.2 Å².